The SMILES string of the molecule is Cc1ncn(-c2cc3c(cc2N)CC(=O)N3)c1C. The molecule has 1 aliphatic heterocycles. The van der Waals surface area contributed by atoms with Crippen molar-refractivity contribution in [1.82, 2.24) is 9.55 Å². The van der Waals surface area contributed by atoms with E-state index in [0.29, 0.717) is 12.1 Å². The molecule has 3 N–H and O–H groups in total. The number of hydrogen-bond acceptors (Lipinski definition) is 3. The lowest BCUT2D eigenvalue weighted by Crippen LogP contribution is -2.04. The highest BCUT2D eigenvalue weighted by Crippen LogP contribution is 2.31. The molecule has 0 bridgehead atoms. The van der Waals surface area contributed by atoms with Gasteiger partial charge >= 0.3 is 0 Å². The van der Waals surface area contributed by atoms with Crippen LogP contribution in [0, 0.1) is 13.8 Å². The molecular formula is C13H14N4O. The van der Waals surface area contributed by atoms with Gasteiger partial charge in [-0.25, -0.2) is 4.98 Å². The number of rotatable bonds is 1. The molecule has 1 aliphatic rings. The predicted octanol–water partition coefficient (Wildman–Crippen LogP) is 1.57. The second-order valence-electron chi connectivity index (χ2n) is 4.58. The molecule has 0 unspecified atom stereocenters. The Morgan fingerprint density at radius 3 is 2.83 bits per heavy atom. The zero-order chi connectivity index (χ0) is 12.9. The van der Waals surface area contributed by atoms with E-state index < -0.39 is 0 Å². The fourth-order valence-electron chi connectivity index (χ4n) is 2.23. The van der Waals surface area contributed by atoms with Crippen LogP contribution in [-0.4, -0.2) is 15.5 Å². The Morgan fingerprint density at radius 2 is 2.17 bits per heavy atom. The average Bonchev–Trinajstić information content (AvgIpc) is 2.82. The van der Waals surface area contributed by atoms with Crippen molar-refractivity contribution in [2.24, 2.45) is 0 Å². The van der Waals surface area contributed by atoms with E-state index in [1.165, 1.54) is 0 Å². The minimum Gasteiger partial charge on any atom is -0.397 e. The van der Waals surface area contributed by atoms with Crippen LogP contribution in [0.4, 0.5) is 11.4 Å². The van der Waals surface area contributed by atoms with Gasteiger partial charge in [-0.05, 0) is 31.5 Å². The lowest BCUT2D eigenvalue weighted by molar-refractivity contribution is -0.115. The number of carbonyl (C=O) groups excluding carboxylic acids is 1. The first-order valence-electron chi connectivity index (χ1n) is 5.79. The van der Waals surface area contributed by atoms with Crippen LogP contribution >= 0.6 is 0 Å². The number of hydrogen-bond donors (Lipinski definition) is 2. The van der Waals surface area contributed by atoms with E-state index in [4.69, 9.17) is 5.73 Å². The Morgan fingerprint density at radius 1 is 1.39 bits per heavy atom. The maximum absolute atomic E-state index is 11.4. The van der Waals surface area contributed by atoms with Crippen LogP contribution in [0.5, 0.6) is 0 Å². The Balaban J connectivity index is 2.17. The number of imidazole rings is 1. The maximum atomic E-state index is 11.4. The molecule has 1 amide bonds. The highest BCUT2D eigenvalue weighted by molar-refractivity contribution is 6.00. The highest BCUT2D eigenvalue weighted by atomic mass is 16.1. The van der Waals surface area contributed by atoms with Gasteiger partial charge in [0.2, 0.25) is 5.91 Å². The Labute approximate surface area is 105 Å². The van der Waals surface area contributed by atoms with Crippen molar-refractivity contribution in [3.05, 3.63) is 35.4 Å². The molecule has 0 saturated carbocycles. The molecule has 3 rings (SSSR count). The number of nitrogens with zero attached hydrogens (tertiary/aromatic N) is 2. The highest BCUT2D eigenvalue weighted by Gasteiger charge is 2.20. The van der Waals surface area contributed by atoms with Gasteiger partial charge in [0.05, 0.1) is 29.8 Å². The van der Waals surface area contributed by atoms with Gasteiger partial charge in [0.1, 0.15) is 0 Å². The van der Waals surface area contributed by atoms with Gasteiger partial charge in [-0.15, -0.1) is 0 Å². The van der Waals surface area contributed by atoms with Crippen LogP contribution in [0.3, 0.4) is 0 Å². The lowest BCUT2D eigenvalue weighted by atomic mass is 10.1. The number of fused-ring (bicyclic) bond motifs is 1. The third-order valence-corrected chi connectivity index (χ3v) is 3.39. The number of nitrogens with two attached hydrogens (primary N) is 1. The summed E-state index contributed by atoms with van der Waals surface area (Å²) in [6.07, 6.45) is 2.15. The maximum Gasteiger partial charge on any atom is 0.228 e. The monoisotopic (exact) mass is 242 g/mol. The van der Waals surface area contributed by atoms with Gasteiger partial charge in [-0.1, -0.05) is 0 Å². The van der Waals surface area contributed by atoms with Crippen molar-refractivity contribution in [1.29, 1.82) is 0 Å². The van der Waals surface area contributed by atoms with Gasteiger partial charge in [0.15, 0.2) is 0 Å². The first kappa shape index (κ1) is 10.8. The first-order valence-corrected chi connectivity index (χ1v) is 5.79. The molecule has 0 aliphatic carbocycles. The summed E-state index contributed by atoms with van der Waals surface area (Å²) in [5, 5.41) is 2.83. The summed E-state index contributed by atoms with van der Waals surface area (Å²) in [6.45, 7) is 3.95. The first-order chi connectivity index (χ1) is 8.56. The Bertz CT molecular complexity index is 657. The smallest absolute Gasteiger partial charge is 0.228 e. The van der Waals surface area contributed by atoms with Crippen molar-refractivity contribution < 1.29 is 4.79 Å². The number of anilines is 2. The van der Waals surface area contributed by atoms with Crippen molar-refractivity contribution in [2.45, 2.75) is 20.3 Å². The van der Waals surface area contributed by atoms with Crippen LogP contribution in [0.25, 0.3) is 5.69 Å². The molecule has 0 spiro atoms. The van der Waals surface area contributed by atoms with Crippen LogP contribution < -0.4 is 11.1 Å². The molecule has 0 radical (unpaired) electrons. The molecule has 0 fully saturated rings. The molecule has 1 aromatic heterocycles. The molecule has 92 valence electrons. The second kappa shape index (κ2) is 3.60. The van der Waals surface area contributed by atoms with Crippen molar-refractivity contribution >= 4 is 17.3 Å². The van der Waals surface area contributed by atoms with Crippen LogP contribution in [0.2, 0.25) is 0 Å². The number of carbonyl (C=O) groups is 1. The van der Waals surface area contributed by atoms with Crippen LogP contribution in [-0.2, 0) is 11.2 Å². The topological polar surface area (TPSA) is 72.9 Å². The number of aryl methyl sites for hydroxylation is 1. The minimum atomic E-state index is 0.0140. The fourth-order valence-corrected chi connectivity index (χ4v) is 2.23. The van der Waals surface area contributed by atoms with Crippen molar-refractivity contribution in [3.63, 3.8) is 0 Å². The summed E-state index contributed by atoms with van der Waals surface area (Å²) in [4.78, 5) is 15.6. The van der Waals surface area contributed by atoms with Crippen LogP contribution in [0.15, 0.2) is 18.5 Å². The second-order valence-corrected chi connectivity index (χ2v) is 4.58. The molecular weight excluding hydrogens is 228 g/mol. The minimum absolute atomic E-state index is 0.0140. The number of aromatic nitrogens is 2. The van der Waals surface area contributed by atoms with E-state index in [1.807, 2.05) is 30.5 Å². The zero-order valence-electron chi connectivity index (χ0n) is 10.3. The lowest BCUT2D eigenvalue weighted by Gasteiger charge is -2.11. The van der Waals surface area contributed by atoms with Gasteiger partial charge in [0.25, 0.3) is 0 Å². The van der Waals surface area contributed by atoms with E-state index in [1.54, 1.807) is 6.33 Å². The molecule has 2 heterocycles. The zero-order valence-corrected chi connectivity index (χ0v) is 10.3. The largest absolute Gasteiger partial charge is 0.397 e. The predicted molar refractivity (Wildman–Crippen MR) is 69.8 cm³/mol. The Kier molecular flexibility index (Phi) is 2.16. The summed E-state index contributed by atoms with van der Waals surface area (Å²) in [5.41, 5.74) is 11.4. The van der Waals surface area contributed by atoms with Gasteiger partial charge in [0, 0.05) is 11.4 Å². The number of nitrogens with one attached hydrogen (secondary N) is 1. The summed E-state index contributed by atoms with van der Waals surface area (Å²) < 4.78 is 1.94. The molecule has 18 heavy (non-hydrogen) atoms. The summed E-state index contributed by atoms with van der Waals surface area (Å²) in [7, 11) is 0. The third-order valence-electron chi connectivity index (χ3n) is 3.39. The van der Waals surface area contributed by atoms with E-state index in [9.17, 15) is 4.79 Å². The summed E-state index contributed by atoms with van der Waals surface area (Å²) in [6, 6.07) is 3.76. The molecule has 5 heteroatoms. The normalized spacial score (nSPS) is 13.6. The molecule has 1 aromatic carbocycles. The van der Waals surface area contributed by atoms with Crippen LogP contribution in [0.1, 0.15) is 17.0 Å². The van der Waals surface area contributed by atoms with Gasteiger partial charge in [-0.2, -0.15) is 0 Å². The van der Waals surface area contributed by atoms with Gasteiger partial charge in [-0.3, -0.25) is 4.79 Å². The Hall–Kier alpha value is -2.30. The van der Waals surface area contributed by atoms with Crippen molar-refractivity contribution in [3.8, 4) is 5.69 Å². The van der Waals surface area contributed by atoms with E-state index in [-0.39, 0.29) is 5.91 Å². The number of nitrogen functional groups attached to an aromatic ring is 1. The molecule has 5 nitrogen and oxygen atoms in total. The van der Waals surface area contributed by atoms with Gasteiger partial charge < -0.3 is 15.6 Å². The standard InChI is InChI=1S/C13H14N4O/c1-7-8(2)17(6-15-7)12-5-11-9(3-10(12)14)4-13(18)16-11/h3,5-6H,4,14H2,1-2H3,(H,16,18). The molecule has 0 saturated heterocycles. The quantitative estimate of drug-likeness (QED) is 0.745. The third kappa shape index (κ3) is 1.48. The van der Waals surface area contributed by atoms with Crippen molar-refractivity contribution in [2.75, 3.05) is 11.1 Å². The summed E-state index contributed by atoms with van der Waals surface area (Å²) in [5.74, 6) is 0.0140. The molecule has 0 atom stereocenters. The van der Waals surface area contributed by atoms with E-state index in [2.05, 4.69) is 10.3 Å². The number of benzene rings is 1. The van der Waals surface area contributed by atoms with E-state index >= 15 is 0 Å². The number of amides is 1. The summed E-state index contributed by atoms with van der Waals surface area (Å²) >= 11 is 0. The average molecular weight is 242 g/mol. The fraction of sp³-hybridized carbons (Fsp3) is 0.231. The molecule has 2 aromatic rings. The van der Waals surface area contributed by atoms with E-state index in [0.717, 1.165) is 28.3 Å².